The molecule has 2 heteroatoms. The third kappa shape index (κ3) is 3.73. The Morgan fingerprint density at radius 1 is 1.38 bits per heavy atom. The molecule has 0 aliphatic rings. The molecule has 0 heterocycles. The third-order valence-corrected chi connectivity index (χ3v) is 2.38. The van der Waals surface area contributed by atoms with Crippen molar-refractivity contribution in [3.63, 3.8) is 0 Å². The van der Waals surface area contributed by atoms with Crippen molar-refractivity contribution in [2.75, 3.05) is 5.73 Å². The summed E-state index contributed by atoms with van der Waals surface area (Å²) in [5.74, 6) is 0. The summed E-state index contributed by atoms with van der Waals surface area (Å²) in [6, 6.07) is 8.06. The molecule has 0 aliphatic heterocycles. The molecule has 0 saturated carbocycles. The second kappa shape index (κ2) is 5.18. The minimum atomic E-state index is 0.491. The summed E-state index contributed by atoms with van der Waals surface area (Å²) < 4.78 is 0. The lowest BCUT2D eigenvalue weighted by Gasteiger charge is -2.06. The van der Waals surface area contributed by atoms with Gasteiger partial charge in [0.1, 0.15) is 0 Å². The van der Waals surface area contributed by atoms with Crippen molar-refractivity contribution in [2.45, 2.75) is 31.4 Å². The molecule has 1 rings (SSSR count). The van der Waals surface area contributed by atoms with Crippen molar-refractivity contribution in [3.05, 3.63) is 29.8 Å². The van der Waals surface area contributed by atoms with Gasteiger partial charge < -0.3 is 5.73 Å². The molecular formula is C11H17NS. The fraction of sp³-hybridized carbons (Fsp3) is 0.455. The van der Waals surface area contributed by atoms with Crippen molar-refractivity contribution in [1.29, 1.82) is 0 Å². The standard InChI is InChI=1S/C11H17NS/c1-9(13)5-4-7-10-6-2-3-8-11(10)12/h2-3,6,8-9,13H,4-5,7,12H2,1H3. The number of para-hydroxylation sites is 1. The van der Waals surface area contributed by atoms with Gasteiger partial charge in [0.2, 0.25) is 0 Å². The van der Waals surface area contributed by atoms with Crippen LogP contribution in [0.3, 0.4) is 0 Å². The SMILES string of the molecule is CC(S)CCCc1ccccc1N. The Bertz CT molecular complexity index is 258. The van der Waals surface area contributed by atoms with E-state index in [0.717, 1.165) is 18.5 Å². The first-order valence-corrected chi connectivity index (χ1v) is 5.23. The summed E-state index contributed by atoms with van der Waals surface area (Å²) >= 11 is 4.34. The van der Waals surface area contributed by atoms with Crippen LogP contribution in [0.1, 0.15) is 25.3 Å². The lowest BCUT2D eigenvalue weighted by atomic mass is 10.1. The van der Waals surface area contributed by atoms with E-state index in [1.807, 2.05) is 18.2 Å². The molecular weight excluding hydrogens is 178 g/mol. The Kier molecular flexibility index (Phi) is 4.16. The smallest absolute Gasteiger partial charge is 0.0346 e. The molecule has 0 aromatic heterocycles. The number of hydrogen-bond acceptors (Lipinski definition) is 2. The van der Waals surface area contributed by atoms with E-state index in [4.69, 9.17) is 5.73 Å². The molecule has 1 unspecified atom stereocenters. The highest BCUT2D eigenvalue weighted by Gasteiger charge is 1.99. The molecule has 0 radical (unpaired) electrons. The predicted molar refractivity (Wildman–Crippen MR) is 62.2 cm³/mol. The first kappa shape index (κ1) is 10.5. The van der Waals surface area contributed by atoms with Crippen molar-refractivity contribution >= 4 is 18.3 Å². The van der Waals surface area contributed by atoms with Crippen LogP contribution < -0.4 is 5.73 Å². The Morgan fingerprint density at radius 3 is 2.69 bits per heavy atom. The highest BCUT2D eigenvalue weighted by molar-refractivity contribution is 7.80. The average molecular weight is 195 g/mol. The second-order valence-corrected chi connectivity index (χ2v) is 4.32. The molecule has 0 fully saturated rings. The van der Waals surface area contributed by atoms with Crippen LogP contribution in [0.5, 0.6) is 0 Å². The van der Waals surface area contributed by atoms with E-state index in [1.54, 1.807) is 0 Å². The van der Waals surface area contributed by atoms with Crippen molar-refractivity contribution in [3.8, 4) is 0 Å². The van der Waals surface area contributed by atoms with E-state index in [2.05, 4.69) is 25.6 Å². The Morgan fingerprint density at radius 2 is 2.08 bits per heavy atom. The maximum atomic E-state index is 5.82. The number of rotatable bonds is 4. The van der Waals surface area contributed by atoms with Crippen LogP contribution in [0.2, 0.25) is 0 Å². The second-order valence-electron chi connectivity index (χ2n) is 3.44. The van der Waals surface area contributed by atoms with Crippen LogP contribution in [0.15, 0.2) is 24.3 Å². The maximum absolute atomic E-state index is 5.82. The first-order chi connectivity index (χ1) is 6.20. The summed E-state index contributed by atoms with van der Waals surface area (Å²) in [7, 11) is 0. The molecule has 0 amide bonds. The largest absolute Gasteiger partial charge is 0.399 e. The van der Waals surface area contributed by atoms with Crippen molar-refractivity contribution in [2.24, 2.45) is 0 Å². The number of benzene rings is 1. The van der Waals surface area contributed by atoms with Crippen LogP contribution in [-0.4, -0.2) is 5.25 Å². The van der Waals surface area contributed by atoms with E-state index in [0.29, 0.717) is 5.25 Å². The predicted octanol–water partition coefficient (Wildman–Crippen LogP) is 2.91. The van der Waals surface area contributed by atoms with E-state index < -0.39 is 0 Å². The van der Waals surface area contributed by atoms with Crippen LogP contribution in [-0.2, 0) is 6.42 Å². The quantitative estimate of drug-likeness (QED) is 0.560. The van der Waals surface area contributed by atoms with Crippen LogP contribution in [0.25, 0.3) is 0 Å². The molecule has 13 heavy (non-hydrogen) atoms. The fourth-order valence-electron chi connectivity index (χ4n) is 1.35. The number of aryl methyl sites for hydroxylation is 1. The summed E-state index contributed by atoms with van der Waals surface area (Å²) in [6.45, 7) is 2.12. The van der Waals surface area contributed by atoms with Crippen LogP contribution in [0.4, 0.5) is 5.69 Å². The highest BCUT2D eigenvalue weighted by Crippen LogP contribution is 2.15. The molecule has 1 aromatic carbocycles. The number of anilines is 1. The third-order valence-electron chi connectivity index (χ3n) is 2.12. The molecule has 0 spiro atoms. The van der Waals surface area contributed by atoms with Gasteiger partial charge in [-0.15, -0.1) is 0 Å². The van der Waals surface area contributed by atoms with Gasteiger partial charge in [-0.2, -0.15) is 12.6 Å². The molecule has 2 N–H and O–H groups in total. The monoisotopic (exact) mass is 195 g/mol. The molecule has 1 nitrogen and oxygen atoms in total. The lowest BCUT2D eigenvalue weighted by Crippen LogP contribution is -1.96. The number of thiol groups is 1. The summed E-state index contributed by atoms with van der Waals surface area (Å²) in [5.41, 5.74) is 7.99. The van der Waals surface area contributed by atoms with Gasteiger partial charge in [-0.3, -0.25) is 0 Å². The van der Waals surface area contributed by atoms with Crippen LogP contribution in [0, 0.1) is 0 Å². The summed E-state index contributed by atoms with van der Waals surface area (Å²) in [6.07, 6.45) is 3.38. The lowest BCUT2D eigenvalue weighted by molar-refractivity contribution is 0.733. The normalized spacial score (nSPS) is 12.8. The van der Waals surface area contributed by atoms with Gasteiger partial charge in [-0.05, 0) is 36.1 Å². The fourth-order valence-corrected chi connectivity index (χ4v) is 1.53. The zero-order valence-corrected chi connectivity index (χ0v) is 8.93. The highest BCUT2D eigenvalue weighted by atomic mass is 32.1. The Labute approximate surface area is 85.8 Å². The molecule has 0 saturated heterocycles. The van der Waals surface area contributed by atoms with E-state index >= 15 is 0 Å². The molecule has 72 valence electrons. The minimum absolute atomic E-state index is 0.491. The van der Waals surface area contributed by atoms with Gasteiger partial charge in [-0.1, -0.05) is 25.1 Å². The topological polar surface area (TPSA) is 26.0 Å². The van der Waals surface area contributed by atoms with Crippen molar-refractivity contribution < 1.29 is 0 Å². The van der Waals surface area contributed by atoms with Crippen molar-refractivity contribution in [1.82, 2.24) is 0 Å². The average Bonchev–Trinajstić information content (AvgIpc) is 2.08. The number of nitrogen functional groups attached to an aromatic ring is 1. The first-order valence-electron chi connectivity index (χ1n) is 4.71. The van der Waals surface area contributed by atoms with E-state index in [9.17, 15) is 0 Å². The molecule has 0 aliphatic carbocycles. The minimum Gasteiger partial charge on any atom is -0.399 e. The zero-order valence-electron chi connectivity index (χ0n) is 8.03. The maximum Gasteiger partial charge on any atom is 0.0346 e. The number of hydrogen-bond donors (Lipinski definition) is 2. The van der Waals surface area contributed by atoms with Gasteiger partial charge >= 0.3 is 0 Å². The summed E-state index contributed by atoms with van der Waals surface area (Å²) in [5, 5.41) is 0.491. The van der Waals surface area contributed by atoms with Gasteiger partial charge in [0, 0.05) is 5.69 Å². The van der Waals surface area contributed by atoms with Gasteiger partial charge in [0.15, 0.2) is 0 Å². The Balaban J connectivity index is 2.41. The van der Waals surface area contributed by atoms with Gasteiger partial charge in [0.05, 0.1) is 0 Å². The van der Waals surface area contributed by atoms with Gasteiger partial charge in [-0.25, -0.2) is 0 Å². The molecule has 1 aromatic rings. The molecule has 0 bridgehead atoms. The van der Waals surface area contributed by atoms with Crippen LogP contribution >= 0.6 is 12.6 Å². The van der Waals surface area contributed by atoms with E-state index in [1.165, 1.54) is 12.0 Å². The van der Waals surface area contributed by atoms with Gasteiger partial charge in [0.25, 0.3) is 0 Å². The zero-order chi connectivity index (χ0) is 9.68. The molecule has 1 atom stereocenters. The summed E-state index contributed by atoms with van der Waals surface area (Å²) in [4.78, 5) is 0. The number of nitrogens with two attached hydrogens (primary N) is 1. The Hall–Kier alpha value is -0.630. The van der Waals surface area contributed by atoms with E-state index in [-0.39, 0.29) is 0 Å².